The van der Waals surface area contributed by atoms with Gasteiger partial charge in [-0.1, -0.05) is 47.5 Å². The van der Waals surface area contributed by atoms with Crippen LogP contribution in [-0.4, -0.2) is 7.05 Å². The van der Waals surface area contributed by atoms with Crippen molar-refractivity contribution in [2.24, 2.45) is 0 Å². The topological polar surface area (TPSA) is 12.0 Å². The SMILES string of the molecule is CNC(c1cc(C)cc(C)c1)c1cccc2ccsc12. The minimum atomic E-state index is 0.246. The first-order valence-electron chi connectivity index (χ1n) is 6.90. The van der Waals surface area contributed by atoms with Gasteiger partial charge in [-0.25, -0.2) is 0 Å². The Morgan fingerprint density at radius 2 is 1.75 bits per heavy atom. The zero-order chi connectivity index (χ0) is 14.1. The predicted octanol–water partition coefficient (Wildman–Crippen LogP) is 4.83. The predicted molar refractivity (Wildman–Crippen MR) is 88.6 cm³/mol. The molecule has 0 aliphatic carbocycles. The van der Waals surface area contributed by atoms with E-state index in [1.165, 1.54) is 32.3 Å². The number of aryl methyl sites for hydroxylation is 2. The van der Waals surface area contributed by atoms with Gasteiger partial charge >= 0.3 is 0 Å². The van der Waals surface area contributed by atoms with Crippen LogP contribution in [0, 0.1) is 13.8 Å². The molecule has 1 nitrogen and oxygen atoms in total. The highest BCUT2D eigenvalue weighted by atomic mass is 32.1. The van der Waals surface area contributed by atoms with Crippen molar-refractivity contribution in [1.82, 2.24) is 5.32 Å². The monoisotopic (exact) mass is 281 g/mol. The van der Waals surface area contributed by atoms with E-state index in [9.17, 15) is 0 Å². The van der Waals surface area contributed by atoms with E-state index in [4.69, 9.17) is 0 Å². The maximum atomic E-state index is 3.48. The summed E-state index contributed by atoms with van der Waals surface area (Å²) in [7, 11) is 2.04. The van der Waals surface area contributed by atoms with Crippen LogP contribution in [0.1, 0.15) is 28.3 Å². The lowest BCUT2D eigenvalue weighted by atomic mass is 9.95. The van der Waals surface area contributed by atoms with E-state index in [1.807, 2.05) is 18.4 Å². The summed E-state index contributed by atoms with van der Waals surface area (Å²) in [4.78, 5) is 0. The first kappa shape index (κ1) is 13.3. The number of benzene rings is 2. The molecule has 1 unspecified atom stereocenters. The van der Waals surface area contributed by atoms with E-state index in [0.717, 1.165) is 0 Å². The van der Waals surface area contributed by atoms with Crippen LogP contribution in [0.3, 0.4) is 0 Å². The normalized spacial score (nSPS) is 12.8. The van der Waals surface area contributed by atoms with Gasteiger partial charge in [-0.05, 0) is 48.9 Å². The van der Waals surface area contributed by atoms with Crippen LogP contribution < -0.4 is 5.32 Å². The van der Waals surface area contributed by atoms with E-state index in [2.05, 4.69) is 67.0 Å². The summed E-state index contributed by atoms with van der Waals surface area (Å²) in [5, 5.41) is 6.98. The maximum absolute atomic E-state index is 3.48. The van der Waals surface area contributed by atoms with Crippen LogP contribution in [0.4, 0.5) is 0 Å². The number of thiophene rings is 1. The smallest absolute Gasteiger partial charge is 0.0588 e. The first-order valence-corrected chi connectivity index (χ1v) is 7.78. The highest BCUT2D eigenvalue weighted by molar-refractivity contribution is 7.17. The molecule has 0 spiro atoms. The van der Waals surface area contributed by atoms with Crippen LogP contribution in [0.15, 0.2) is 47.8 Å². The zero-order valence-corrected chi connectivity index (χ0v) is 12.9. The maximum Gasteiger partial charge on any atom is 0.0588 e. The van der Waals surface area contributed by atoms with E-state index in [-0.39, 0.29) is 6.04 Å². The van der Waals surface area contributed by atoms with Gasteiger partial charge in [-0.15, -0.1) is 11.3 Å². The molecular weight excluding hydrogens is 262 g/mol. The molecule has 0 radical (unpaired) electrons. The van der Waals surface area contributed by atoms with Gasteiger partial charge in [-0.3, -0.25) is 0 Å². The van der Waals surface area contributed by atoms with Gasteiger partial charge in [0.15, 0.2) is 0 Å². The first-order chi connectivity index (χ1) is 9.69. The minimum Gasteiger partial charge on any atom is -0.309 e. The second-order valence-corrected chi connectivity index (χ2v) is 6.25. The summed E-state index contributed by atoms with van der Waals surface area (Å²) in [5.41, 5.74) is 5.34. The Labute approximate surface area is 124 Å². The highest BCUT2D eigenvalue weighted by Gasteiger charge is 2.15. The molecule has 0 aliphatic rings. The van der Waals surface area contributed by atoms with E-state index in [0.29, 0.717) is 0 Å². The molecule has 0 fully saturated rings. The Hall–Kier alpha value is -1.64. The molecule has 0 aliphatic heterocycles. The fourth-order valence-corrected chi connectivity index (χ4v) is 3.87. The van der Waals surface area contributed by atoms with Crippen LogP contribution in [0.2, 0.25) is 0 Å². The van der Waals surface area contributed by atoms with Gasteiger partial charge in [0.25, 0.3) is 0 Å². The Bertz CT molecular complexity index is 722. The summed E-state index contributed by atoms with van der Waals surface area (Å²) in [6, 6.07) is 15.8. The fourth-order valence-electron chi connectivity index (χ4n) is 2.92. The van der Waals surface area contributed by atoms with Crippen molar-refractivity contribution in [3.8, 4) is 0 Å². The molecule has 0 amide bonds. The molecule has 1 heterocycles. The lowest BCUT2D eigenvalue weighted by molar-refractivity contribution is 0.696. The Morgan fingerprint density at radius 1 is 1.00 bits per heavy atom. The number of rotatable bonds is 3. The number of nitrogens with one attached hydrogen (secondary N) is 1. The van der Waals surface area contributed by atoms with Gasteiger partial charge in [-0.2, -0.15) is 0 Å². The van der Waals surface area contributed by atoms with Crippen LogP contribution in [-0.2, 0) is 0 Å². The van der Waals surface area contributed by atoms with Crippen molar-refractivity contribution < 1.29 is 0 Å². The van der Waals surface area contributed by atoms with Gasteiger partial charge in [0.05, 0.1) is 6.04 Å². The van der Waals surface area contributed by atoms with Gasteiger partial charge in [0.2, 0.25) is 0 Å². The number of hydrogen-bond donors (Lipinski definition) is 1. The van der Waals surface area contributed by atoms with Crippen molar-refractivity contribution in [2.75, 3.05) is 7.05 Å². The van der Waals surface area contributed by atoms with E-state index >= 15 is 0 Å². The van der Waals surface area contributed by atoms with Crippen LogP contribution in [0.25, 0.3) is 10.1 Å². The lowest BCUT2D eigenvalue weighted by Gasteiger charge is -2.19. The average molecular weight is 281 g/mol. The lowest BCUT2D eigenvalue weighted by Crippen LogP contribution is -2.18. The van der Waals surface area contributed by atoms with Crippen molar-refractivity contribution in [3.63, 3.8) is 0 Å². The third-order valence-electron chi connectivity index (χ3n) is 3.69. The fraction of sp³-hybridized carbons (Fsp3) is 0.222. The quantitative estimate of drug-likeness (QED) is 0.725. The summed E-state index contributed by atoms with van der Waals surface area (Å²) in [6.45, 7) is 4.32. The Balaban J connectivity index is 2.16. The molecule has 3 rings (SSSR count). The third-order valence-corrected chi connectivity index (χ3v) is 4.67. The molecule has 3 aromatic rings. The van der Waals surface area contributed by atoms with E-state index < -0.39 is 0 Å². The minimum absolute atomic E-state index is 0.246. The summed E-state index contributed by atoms with van der Waals surface area (Å²) in [5.74, 6) is 0. The van der Waals surface area contributed by atoms with Gasteiger partial charge in [0.1, 0.15) is 0 Å². The molecule has 20 heavy (non-hydrogen) atoms. The van der Waals surface area contributed by atoms with Crippen molar-refractivity contribution >= 4 is 21.4 Å². The molecule has 0 saturated heterocycles. The molecular formula is C18H19NS. The zero-order valence-electron chi connectivity index (χ0n) is 12.1. The number of hydrogen-bond acceptors (Lipinski definition) is 2. The second kappa shape index (κ2) is 5.39. The van der Waals surface area contributed by atoms with Crippen LogP contribution >= 0.6 is 11.3 Å². The molecule has 2 aromatic carbocycles. The van der Waals surface area contributed by atoms with Crippen molar-refractivity contribution in [2.45, 2.75) is 19.9 Å². The molecule has 1 N–H and O–H groups in total. The van der Waals surface area contributed by atoms with Gasteiger partial charge in [0, 0.05) is 4.70 Å². The average Bonchev–Trinajstić information content (AvgIpc) is 2.87. The summed E-state index contributed by atoms with van der Waals surface area (Å²) in [6.07, 6.45) is 0. The molecule has 102 valence electrons. The summed E-state index contributed by atoms with van der Waals surface area (Å²) >= 11 is 1.82. The standard InChI is InChI=1S/C18H19NS/c1-12-9-13(2)11-15(10-12)17(19-3)16-6-4-5-14-7-8-20-18(14)16/h4-11,17,19H,1-3H3. The second-order valence-electron chi connectivity index (χ2n) is 5.33. The van der Waals surface area contributed by atoms with Crippen LogP contribution in [0.5, 0.6) is 0 Å². The van der Waals surface area contributed by atoms with Crippen molar-refractivity contribution in [1.29, 1.82) is 0 Å². The number of fused-ring (bicyclic) bond motifs is 1. The molecule has 2 heteroatoms. The van der Waals surface area contributed by atoms with Gasteiger partial charge < -0.3 is 5.32 Å². The third kappa shape index (κ3) is 2.37. The highest BCUT2D eigenvalue weighted by Crippen LogP contribution is 2.32. The van der Waals surface area contributed by atoms with E-state index in [1.54, 1.807) is 0 Å². The molecule has 1 atom stereocenters. The Morgan fingerprint density at radius 3 is 2.45 bits per heavy atom. The Kier molecular flexibility index (Phi) is 3.60. The molecule has 0 saturated carbocycles. The van der Waals surface area contributed by atoms with Crippen molar-refractivity contribution in [3.05, 3.63) is 70.1 Å². The summed E-state index contributed by atoms with van der Waals surface area (Å²) < 4.78 is 1.38. The molecule has 0 bridgehead atoms. The molecule has 1 aromatic heterocycles. The largest absolute Gasteiger partial charge is 0.309 e.